The predicted molar refractivity (Wildman–Crippen MR) is 141 cm³/mol. The fourth-order valence-corrected chi connectivity index (χ4v) is 5.24. The minimum atomic E-state index is -3.01. The van der Waals surface area contributed by atoms with Crippen molar-refractivity contribution < 1.29 is 27.5 Å². The van der Waals surface area contributed by atoms with Crippen molar-refractivity contribution in [2.75, 3.05) is 5.32 Å². The average Bonchev–Trinajstić information content (AvgIpc) is 3.48. The number of esters is 1. The van der Waals surface area contributed by atoms with Gasteiger partial charge in [0.05, 0.1) is 17.0 Å². The van der Waals surface area contributed by atoms with Crippen molar-refractivity contribution in [3.63, 3.8) is 0 Å². The van der Waals surface area contributed by atoms with Gasteiger partial charge < -0.3 is 10.1 Å². The number of halogens is 5. The van der Waals surface area contributed by atoms with E-state index in [2.05, 4.69) is 5.32 Å². The van der Waals surface area contributed by atoms with Crippen LogP contribution < -0.4 is 5.32 Å². The van der Waals surface area contributed by atoms with Crippen LogP contribution in [0.3, 0.4) is 0 Å². The number of nitrogens with one attached hydrogen (secondary N) is 1. The summed E-state index contributed by atoms with van der Waals surface area (Å²) in [6.07, 6.45) is 1.87. The summed E-state index contributed by atoms with van der Waals surface area (Å²) in [5.74, 6) is -7.06. The molecule has 2 unspecified atom stereocenters. The van der Waals surface area contributed by atoms with Crippen LogP contribution in [0.1, 0.15) is 63.0 Å². The molecule has 2 aliphatic rings. The van der Waals surface area contributed by atoms with Gasteiger partial charge in [-0.05, 0) is 104 Å². The molecule has 2 aromatic rings. The van der Waals surface area contributed by atoms with Crippen molar-refractivity contribution in [1.82, 2.24) is 0 Å². The first-order chi connectivity index (χ1) is 16.8. The summed E-state index contributed by atoms with van der Waals surface area (Å²) in [5.41, 5.74) is 0.290. The molecule has 0 bridgehead atoms. The standard InChI is InChI=1S/C27H28ClF3INO3/c1-25(2,32)36-24(35)26(12-13-26)15-16-5-10-20(29)21(14-16)33-23(34)22(17-6-8-18(28)9-7-17)19-4-3-11-27(19,30)31/h5-10,14,19,22H,3-4,11-13,15H2,1-2H3,(H,33,34). The monoisotopic (exact) mass is 633 g/mol. The minimum absolute atomic E-state index is 0.101. The van der Waals surface area contributed by atoms with Gasteiger partial charge in [-0.1, -0.05) is 29.8 Å². The number of benzene rings is 2. The maximum atomic E-state index is 14.7. The van der Waals surface area contributed by atoms with E-state index in [-0.39, 0.29) is 24.5 Å². The fraction of sp³-hybridized carbons (Fsp3) is 0.481. The summed E-state index contributed by atoms with van der Waals surface area (Å²) in [7, 11) is 0. The van der Waals surface area contributed by atoms with Crippen molar-refractivity contribution in [2.24, 2.45) is 11.3 Å². The van der Waals surface area contributed by atoms with Crippen LogP contribution in [0.15, 0.2) is 42.5 Å². The molecule has 0 aliphatic heterocycles. The van der Waals surface area contributed by atoms with Crippen molar-refractivity contribution in [1.29, 1.82) is 0 Å². The Morgan fingerprint density at radius 1 is 1.17 bits per heavy atom. The first-order valence-electron chi connectivity index (χ1n) is 11.9. The van der Waals surface area contributed by atoms with E-state index in [1.807, 2.05) is 22.6 Å². The van der Waals surface area contributed by atoms with Gasteiger partial charge in [0.1, 0.15) is 5.82 Å². The minimum Gasteiger partial charge on any atom is -0.449 e. The van der Waals surface area contributed by atoms with Crippen LogP contribution in [-0.2, 0) is 20.7 Å². The van der Waals surface area contributed by atoms with Gasteiger partial charge in [-0.15, -0.1) is 0 Å². The number of amides is 1. The van der Waals surface area contributed by atoms with Crippen molar-refractivity contribution in [3.05, 3.63) is 64.4 Å². The summed E-state index contributed by atoms with van der Waals surface area (Å²) in [6, 6.07) is 10.5. The van der Waals surface area contributed by atoms with Gasteiger partial charge in [-0.25, -0.2) is 13.2 Å². The van der Waals surface area contributed by atoms with Gasteiger partial charge in [0.15, 0.2) is 3.61 Å². The molecule has 194 valence electrons. The lowest BCUT2D eigenvalue weighted by molar-refractivity contribution is -0.155. The number of rotatable bonds is 8. The van der Waals surface area contributed by atoms with Crippen LogP contribution in [0.5, 0.6) is 0 Å². The number of hydrogen-bond acceptors (Lipinski definition) is 3. The largest absolute Gasteiger partial charge is 0.449 e. The molecule has 2 aliphatic carbocycles. The number of carbonyl (C=O) groups excluding carboxylic acids is 2. The van der Waals surface area contributed by atoms with Crippen LogP contribution in [0.2, 0.25) is 5.02 Å². The third-order valence-corrected chi connectivity index (χ3v) is 7.41. The molecule has 0 aromatic heterocycles. The zero-order valence-electron chi connectivity index (χ0n) is 20.1. The fourth-order valence-electron chi connectivity index (χ4n) is 4.91. The molecule has 1 amide bonds. The van der Waals surface area contributed by atoms with Gasteiger partial charge in [0.2, 0.25) is 5.91 Å². The van der Waals surface area contributed by atoms with Gasteiger partial charge in [-0.3, -0.25) is 9.59 Å². The molecule has 2 atom stereocenters. The van der Waals surface area contributed by atoms with E-state index in [0.29, 0.717) is 41.8 Å². The Balaban J connectivity index is 1.57. The first kappa shape index (κ1) is 27.2. The van der Waals surface area contributed by atoms with Crippen molar-refractivity contribution in [3.8, 4) is 0 Å². The maximum absolute atomic E-state index is 14.7. The van der Waals surface area contributed by atoms with E-state index in [1.165, 1.54) is 12.1 Å². The zero-order chi connectivity index (χ0) is 26.3. The van der Waals surface area contributed by atoms with E-state index >= 15 is 0 Å². The van der Waals surface area contributed by atoms with E-state index in [1.54, 1.807) is 44.2 Å². The Hall–Kier alpha value is -1.81. The number of ether oxygens (including phenoxy) is 1. The molecule has 1 N–H and O–H groups in total. The molecule has 9 heteroatoms. The van der Waals surface area contributed by atoms with Gasteiger partial charge in [-0.2, -0.15) is 0 Å². The molecule has 36 heavy (non-hydrogen) atoms. The second-order valence-electron chi connectivity index (χ2n) is 10.3. The smallest absolute Gasteiger partial charge is 0.313 e. The molecule has 0 spiro atoms. The van der Waals surface area contributed by atoms with Crippen LogP contribution in [0.25, 0.3) is 0 Å². The third-order valence-electron chi connectivity index (χ3n) is 6.93. The second-order valence-corrected chi connectivity index (χ2v) is 13.3. The quantitative estimate of drug-likeness (QED) is 0.184. The van der Waals surface area contributed by atoms with E-state index in [9.17, 15) is 22.8 Å². The highest BCUT2D eigenvalue weighted by Gasteiger charge is 2.52. The number of hydrogen-bond donors (Lipinski definition) is 1. The maximum Gasteiger partial charge on any atom is 0.313 e. The van der Waals surface area contributed by atoms with Crippen molar-refractivity contribution >= 4 is 51.8 Å². The molecule has 2 fully saturated rings. The Morgan fingerprint density at radius 2 is 1.83 bits per heavy atom. The van der Waals surface area contributed by atoms with Gasteiger partial charge in [0, 0.05) is 17.4 Å². The Morgan fingerprint density at radius 3 is 2.39 bits per heavy atom. The number of anilines is 1. The van der Waals surface area contributed by atoms with E-state index in [4.69, 9.17) is 16.3 Å². The molecule has 2 aromatic carbocycles. The molecule has 0 heterocycles. The Labute approximate surface area is 227 Å². The van der Waals surface area contributed by atoms with E-state index in [0.717, 1.165) is 0 Å². The summed E-state index contributed by atoms with van der Waals surface area (Å²) < 4.78 is 49.1. The summed E-state index contributed by atoms with van der Waals surface area (Å²) in [6.45, 7) is 3.58. The average molecular weight is 634 g/mol. The lowest BCUT2D eigenvalue weighted by atomic mass is 9.82. The molecule has 4 rings (SSSR count). The topological polar surface area (TPSA) is 55.4 Å². The molecule has 2 saturated carbocycles. The predicted octanol–water partition coefficient (Wildman–Crippen LogP) is 7.67. The lowest BCUT2D eigenvalue weighted by Gasteiger charge is -2.28. The third kappa shape index (κ3) is 6.18. The van der Waals surface area contributed by atoms with Crippen molar-refractivity contribution in [2.45, 2.75) is 67.8 Å². The zero-order valence-corrected chi connectivity index (χ0v) is 23.0. The SMILES string of the molecule is CC(C)(I)OC(=O)C1(Cc2ccc(F)c(NC(=O)C(c3ccc(Cl)cc3)C3CCCC3(F)F)c2)CC1. The van der Waals surface area contributed by atoms with Crippen LogP contribution in [-0.4, -0.2) is 21.4 Å². The Bertz CT molecular complexity index is 1150. The lowest BCUT2D eigenvalue weighted by Crippen LogP contribution is -2.35. The van der Waals surface area contributed by atoms with Crippen LogP contribution in [0.4, 0.5) is 18.9 Å². The van der Waals surface area contributed by atoms with Gasteiger partial charge in [0.25, 0.3) is 5.92 Å². The van der Waals surface area contributed by atoms with E-state index < -0.39 is 38.5 Å². The molecule has 4 nitrogen and oxygen atoms in total. The summed E-state index contributed by atoms with van der Waals surface area (Å²) in [5, 5.41) is 2.98. The second kappa shape index (κ2) is 10.2. The highest BCUT2D eigenvalue weighted by Crippen LogP contribution is 2.51. The molecular formula is C27H28ClF3INO3. The highest BCUT2D eigenvalue weighted by molar-refractivity contribution is 14.1. The molecule has 0 saturated heterocycles. The normalized spacial score (nSPS) is 21.0. The van der Waals surface area contributed by atoms with Crippen LogP contribution in [0, 0.1) is 17.2 Å². The van der Waals surface area contributed by atoms with Crippen LogP contribution >= 0.6 is 34.2 Å². The van der Waals surface area contributed by atoms with Gasteiger partial charge >= 0.3 is 5.97 Å². The molecular weight excluding hydrogens is 606 g/mol. The first-order valence-corrected chi connectivity index (χ1v) is 13.4. The summed E-state index contributed by atoms with van der Waals surface area (Å²) >= 11 is 8.01. The summed E-state index contributed by atoms with van der Waals surface area (Å²) in [4.78, 5) is 26.1. The highest BCUT2D eigenvalue weighted by atomic mass is 127. The Kier molecular flexibility index (Phi) is 7.68. The molecule has 0 radical (unpaired) electrons. The number of carbonyl (C=O) groups is 2. The number of alkyl halides is 3.